The van der Waals surface area contributed by atoms with Gasteiger partial charge in [0, 0.05) is 13.0 Å². The number of hydrogen-bond donors (Lipinski definition) is 2. The third-order valence-electron chi connectivity index (χ3n) is 3.90. The van der Waals surface area contributed by atoms with E-state index in [0.29, 0.717) is 12.0 Å². The van der Waals surface area contributed by atoms with Crippen LogP contribution in [-0.2, 0) is 4.79 Å². The van der Waals surface area contributed by atoms with Gasteiger partial charge in [-0.3, -0.25) is 4.79 Å². The number of ether oxygens (including phenoxy) is 1. The molecule has 2 unspecified atom stereocenters. The highest BCUT2D eigenvalue weighted by atomic mass is 19.1. The molecule has 5 heteroatoms. The zero-order valence-corrected chi connectivity index (χ0v) is 13.8. The number of carbonyl (C=O) groups excluding carboxylic acids is 1. The van der Waals surface area contributed by atoms with Crippen molar-refractivity contribution in [3.05, 3.63) is 65.5 Å². The van der Waals surface area contributed by atoms with Gasteiger partial charge >= 0.3 is 0 Å². The number of amides is 1. The highest BCUT2D eigenvalue weighted by Crippen LogP contribution is 2.23. The number of carbonyl (C=O) groups is 1. The van der Waals surface area contributed by atoms with E-state index in [1.54, 1.807) is 7.11 Å². The molecule has 0 aliphatic carbocycles. The highest BCUT2D eigenvalue weighted by Gasteiger charge is 2.14. The molecule has 128 valence electrons. The van der Waals surface area contributed by atoms with E-state index in [1.165, 1.54) is 24.3 Å². The Labute approximate surface area is 141 Å². The lowest BCUT2D eigenvalue weighted by atomic mass is 9.97. The molecule has 0 fully saturated rings. The quantitative estimate of drug-likeness (QED) is 0.819. The van der Waals surface area contributed by atoms with Crippen LogP contribution in [0.2, 0.25) is 0 Å². The highest BCUT2D eigenvalue weighted by molar-refractivity contribution is 5.76. The zero-order chi connectivity index (χ0) is 17.5. The number of methoxy groups -OCH3 is 1. The molecule has 2 atom stereocenters. The Kier molecular flexibility index (Phi) is 6.32. The minimum atomic E-state index is -0.860. The Morgan fingerprint density at radius 2 is 1.92 bits per heavy atom. The predicted octanol–water partition coefficient (Wildman–Crippen LogP) is 3.18. The van der Waals surface area contributed by atoms with Crippen molar-refractivity contribution in [1.82, 2.24) is 5.32 Å². The molecule has 1 amide bonds. The third kappa shape index (κ3) is 5.06. The molecule has 0 radical (unpaired) electrons. The molecule has 0 bridgehead atoms. The number of rotatable bonds is 7. The van der Waals surface area contributed by atoms with Crippen LogP contribution in [0.25, 0.3) is 0 Å². The summed E-state index contributed by atoms with van der Waals surface area (Å²) in [5, 5.41) is 12.7. The van der Waals surface area contributed by atoms with Crippen LogP contribution in [0.15, 0.2) is 48.5 Å². The molecule has 2 rings (SSSR count). The van der Waals surface area contributed by atoms with Gasteiger partial charge in [0.1, 0.15) is 11.6 Å². The molecular weight excluding hydrogens is 309 g/mol. The smallest absolute Gasteiger partial charge is 0.220 e. The molecule has 0 heterocycles. The Morgan fingerprint density at radius 3 is 2.58 bits per heavy atom. The van der Waals surface area contributed by atoms with Crippen LogP contribution in [0.5, 0.6) is 5.75 Å². The van der Waals surface area contributed by atoms with Crippen molar-refractivity contribution in [3.8, 4) is 5.75 Å². The van der Waals surface area contributed by atoms with Crippen LogP contribution in [0.3, 0.4) is 0 Å². The summed E-state index contributed by atoms with van der Waals surface area (Å²) < 4.78 is 18.0. The van der Waals surface area contributed by atoms with E-state index in [-0.39, 0.29) is 24.2 Å². The second-order valence-corrected chi connectivity index (χ2v) is 5.75. The molecule has 24 heavy (non-hydrogen) atoms. The van der Waals surface area contributed by atoms with Gasteiger partial charge < -0.3 is 15.2 Å². The van der Waals surface area contributed by atoms with Gasteiger partial charge in [0.15, 0.2) is 0 Å². The molecule has 0 aliphatic heterocycles. The third-order valence-corrected chi connectivity index (χ3v) is 3.90. The van der Waals surface area contributed by atoms with Crippen molar-refractivity contribution in [2.75, 3.05) is 13.7 Å². The molecule has 0 aliphatic rings. The molecule has 4 nitrogen and oxygen atoms in total. The second-order valence-electron chi connectivity index (χ2n) is 5.75. The van der Waals surface area contributed by atoms with Crippen LogP contribution < -0.4 is 10.1 Å². The standard InChI is InChI=1S/C19H22FNO3/c1-13(15-4-3-5-17(11-15)24-2)10-19(23)21-12-18(22)14-6-8-16(20)9-7-14/h3-9,11,13,18,22H,10,12H2,1-2H3,(H,21,23). The Morgan fingerprint density at radius 1 is 1.21 bits per heavy atom. The van der Waals surface area contributed by atoms with Gasteiger partial charge in [0.05, 0.1) is 13.2 Å². The van der Waals surface area contributed by atoms with Crippen LogP contribution in [0, 0.1) is 5.82 Å². The number of hydrogen-bond acceptors (Lipinski definition) is 3. The number of nitrogens with one attached hydrogen (secondary N) is 1. The van der Waals surface area contributed by atoms with Gasteiger partial charge in [-0.1, -0.05) is 31.2 Å². The van der Waals surface area contributed by atoms with Crippen molar-refractivity contribution in [2.24, 2.45) is 0 Å². The molecule has 2 aromatic carbocycles. The Hall–Kier alpha value is -2.40. The molecule has 0 saturated carbocycles. The van der Waals surface area contributed by atoms with Gasteiger partial charge in [0.2, 0.25) is 5.91 Å². The van der Waals surface area contributed by atoms with Gasteiger partial charge in [-0.25, -0.2) is 4.39 Å². The number of halogens is 1. The monoisotopic (exact) mass is 331 g/mol. The van der Waals surface area contributed by atoms with Crippen molar-refractivity contribution in [3.63, 3.8) is 0 Å². The number of benzene rings is 2. The molecule has 2 aromatic rings. The maximum atomic E-state index is 12.9. The normalized spacial score (nSPS) is 13.2. The fourth-order valence-electron chi connectivity index (χ4n) is 2.43. The van der Waals surface area contributed by atoms with Crippen molar-refractivity contribution < 1.29 is 19.0 Å². The summed E-state index contributed by atoms with van der Waals surface area (Å²) in [4.78, 5) is 12.1. The van der Waals surface area contributed by atoms with E-state index in [4.69, 9.17) is 4.74 Å². The maximum Gasteiger partial charge on any atom is 0.220 e. The molecular formula is C19H22FNO3. The average Bonchev–Trinajstić information content (AvgIpc) is 2.60. The van der Waals surface area contributed by atoms with E-state index >= 15 is 0 Å². The lowest BCUT2D eigenvalue weighted by Crippen LogP contribution is -2.29. The molecule has 0 spiro atoms. The largest absolute Gasteiger partial charge is 0.497 e. The zero-order valence-electron chi connectivity index (χ0n) is 13.8. The molecule has 2 N–H and O–H groups in total. The van der Waals surface area contributed by atoms with Crippen LogP contribution in [0.4, 0.5) is 4.39 Å². The SMILES string of the molecule is COc1cccc(C(C)CC(=O)NCC(O)c2ccc(F)cc2)c1. The van der Waals surface area contributed by atoms with Gasteiger partial charge in [-0.2, -0.15) is 0 Å². The van der Waals surface area contributed by atoms with E-state index in [9.17, 15) is 14.3 Å². The van der Waals surface area contributed by atoms with E-state index in [2.05, 4.69) is 5.32 Å². The first-order valence-corrected chi connectivity index (χ1v) is 7.83. The summed E-state index contributed by atoms with van der Waals surface area (Å²) >= 11 is 0. The summed E-state index contributed by atoms with van der Waals surface area (Å²) in [7, 11) is 1.60. The first-order chi connectivity index (χ1) is 11.5. The van der Waals surface area contributed by atoms with Crippen LogP contribution >= 0.6 is 0 Å². The topological polar surface area (TPSA) is 58.6 Å². The second kappa shape index (κ2) is 8.45. The fourth-order valence-corrected chi connectivity index (χ4v) is 2.43. The van der Waals surface area contributed by atoms with Gasteiger partial charge in [-0.15, -0.1) is 0 Å². The maximum absolute atomic E-state index is 12.9. The molecule has 0 saturated heterocycles. The van der Waals surface area contributed by atoms with E-state index in [1.807, 2.05) is 31.2 Å². The lowest BCUT2D eigenvalue weighted by molar-refractivity contribution is -0.121. The van der Waals surface area contributed by atoms with Crippen molar-refractivity contribution in [2.45, 2.75) is 25.4 Å². The molecule has 0 aromatic heterocycles. The lowest BCUT2D eigenvalue weighted by Gasteiger charge is -2.15. The van der Waals surface area contributed by atoms with Gasteiger partial charge in [-0.05, 0) is 41.3 Å². The Balaban J connectivity index is 1.85. The average molecular weight is 331 g/mol. The Bertz CT molecular complexity index is 673. The predicted molar refractivity (Wildman–Crippen MR) is 90.4 cm³/mol. The van der Waals surface area contributed by atoms with Gasteiger partial charge in [0.25, 0.3) is 0 Å². The fraction of sp³-hybridized carbons (Fsp3) is 0.316. The minimum absolute atomic E-state index is 0.0306. The van der Waals surface area contributed by atoms with Crippen molar-refractivity contribution >= 4 is 5.91 Å². The summed E-state index contributed by atoms with van der Waals surface area (Å²) in [6, 6.07) is 13.2. The first kappa shape index (κ1) is 17.9. The summed E-state index contributed by atoms with van der Waals surface area (Å²) in [5.41, 5.74) is 1.58. The first-order valence-electron chi connectivity index (χ1n) is 7.83. The van der Waals surface area contributed by atoms with Crippen molar-refractivity contribution in [1.29, 1.82) is 0 Å². The summed E-state index contributed by atoms with van der Waals surface area (Å²) in [6.07, 6.45) is -0.551. The number of aliphatic hydroxyl groups excluding tert-OH is 1. The summed E-state index contributed by atoms with van der Waals surface area (Å²) in [6.45, 7) is 2.06. The summed E-state index contributed by atoms with van der Waals surface area (Å²) in [5.74, 6) is 0.281. The van der Waals surface area contributed by atoms with Crippen LogP contribution in [-0.4, -0.2) is 24.7 Å². The van der Waals surface area contributed by atoms with E-state index < -0.39 is 6.10 Å². The van der Waals surface area contributed by atoms with E-state index in [0.717, 1.165) is 11.3 Å². The number of aliphatic hydroxyl groups is 1. The van der Waals surface area contributed by atoms with Crippen LogP contribution in [0.1, 0.15) is 36.5 Å². The minimum Gasteiger partial charge on any atom is -0.497 e.